The first kappa shape index (κ1) is 21.6. The average molecular weight is 480 g/mol. The van der Waals surface area contributed by atoms with Gasteiger partial charge >= 0.3 is 0 Å². The minimum absolute atomic E-state index is 0.0937. The molecule has 0 saturated heterocycles. The maximum Gasteiger partial charge on any atom is 0.230 e. The minimum Gasteiger partial charge on any atom is -0.424 e. The number of carbonyl (C=O) groups excluding carboxylic acids is 1. The van der Waals surface area contributed by atoms with Crippen LogP contribution in [-0.2, 0) is 17.6 Å². The quantitative estimate of drug-likeness (QED) is 0.389. The Morgan fingerprint density at radius 1 is 1.24 bits per heavy atom. The predicted molar refractivity (Wildman–Crippen MR) is 123 cm³/mol. The van der Waals surface area contributed by atoms with Crippen LogP contribution in [0.4, 0.5) is 4.39 Å². The summed E-state index contributed by atoms with van der Waals surface area (Å²) in [5.74, 6) is -0.169. The average Bonchev–Trinajstić information content (AvgIpc) is 3.24. The van der Waals surface area contributed by atoms with E-state index >= 15 is 4.39 Å². The number of carbonyl (C=O) groups is 1. The molecule has 1 N–H and O–H groups in total. The number of amides is 1. The van der Waals surface area contributed by atoms with Crippen LogP contribution in [0.5, 0.6) is 0 Å². The van der Waals surface area contributed by atoms with Gasteiger partial charge in [-0.25, -0.2) is 9.37 Å². The topological polar surface area (TPSA) is 105 Å². The van der Waals surface area contributed by atoms with E-state index in [1.165, 1.54) is 11.3 Å². The Kier molecular flexibility index (Phi) is 5.60. The van der Waals surface area contributed by atoms with E-state index in [4.69, 9.17) is 9.68 Å². The molecule has 2 heterocycles. The van der Waals surface area contributed by atoms with Crippen LogP contribution in [0, 0.1) is 17.1 Å². The van der Waals surface area contributed by atoms with E-state index in [2.05, 4.69) is 26.6 Å². The maximum absolute atomic E-state index is 15.3. The fourth-order valence-electron chi connectivity index (χ4n) is 3.47. The predicted octanol–water partition coefficient (Wildman–Crippen LogP) is 4.51. The van der Waals surface area contributed by atoms with Gasteiger partial charge in [0.25, 0.3) is 0 Å². The highest BCUT2D eigenvalue weighted by molar-refractivity contribution is 7.98. The second-order valence-electron chi connectivity index (χ2n) is 7.80. The first-order valence-electron chi connectivity index (χ1n) is 10.2. The largest absolute Gasteiger partial charge is 0.424 e. The SMILES string of the molecule is CSc1ccc(-c2ccc3nc(Cc4nnc(CC(=O)NC5(C#N)CC5)o4)sc3c2F)cc1. The summed E-state index contributed by atoms with van der Waals surface area (Å²) in [4.78, 5) is 17.7. The smallest absolute Gasteiger partial charge is 0.230 e. The number of hydrogen-bond donors (Lipinski definition) is 1. The van der Waals surface area contributed by atoms with Gasteiger partial charge in [-0.1, -0.05) is 12.1 Å². The van der Waals surface area contributed by atoms with Crippen LogP contribution in [0.3, 0.4) is 0 Å². The van der Waals surface area contributed by atoms with E-state index in [0.29, 0.717) is 39.5 Å². The standard InChI is InChI=1S/C23H18FN5O2S2/c1-32-14-4-2-13(3-5-14)15-6-7-16-22(21(15)24)33-20(26-16)11-19-29-28-18(31-19)10-17(30)27-23(12-25)8-9-23/h2-7H,8-11H2,1H3,(H,27,30). The second-order valence-corrected chi connectivity index (χ2v) is 9.76. The lowest BCUT2D eigenvalue weighted by Gasteiger charge is -2.06. The zero-order chi connectivity index (χ0) is 23.0. The molecule has 0 spiro atoms. The Balaban J connectivity index is 1.31. The van der Waals surface area contributed by atoms with Crippen molar-refractivity contribution >= 4 is 39.2 Å². The van der Waals surface area contributed by atoms with Gasteiger partial charge < -0.3 is 9.73 Å². The molecule has 5 rings (SSSR count). The van der Waals surface area contributed by atoms with Gasteiger partial charge in [-0.2, -0.15) is 5.26 Å². The summed E-state index contributed by atoms with van der Waals surface area (Å²) in [6.07, 6.45) is 3.46. The number of halogens is 1. The van der Waals surface area contributed by atoms with Crippen molar-refractivity contribution in [3.8, 4) is 17.2 Å². The van der Waals surface area contributed by atoms with Gasteiger partial charge in [-0.05, 0) is 48.9 Å². The molecular formula is C23H18FN5O2S2. The van der Waals surface area contributed by atoms with E-state index in [9.17, 15) is 4.79 Å². The number of thioether (sulfide) groups is 1. The molecular weight excluding hydrogens is 461 g/mol. The highest BCUT2D eigenvalue weighted by Gasteiger charge is 2.44. The zero-order valence-electron chi connectivity index (χ0n) is 17.6. The zero-order valence-corrected chi connectivity index (χ0v) is 19.2. The summed E-state index contributed by atoms with van der Waals surface area (Å²) >= 11 is 2.88. The van der Waals surface area contributed by atoms with Crippen LogP contribution in [0.1, 0.15) is 29.6 Å². The van der Waals surface area contributed by atoms with Crippen LogP contribution < -0.4 is 5.32 Å². The number of hydrogen-bond acceptors (Lipinski definition) is 8. The second kappa shape index (κ2) is 8.57. The molecule has 1 fully saturated rings. The Labute approximate surface area is 197 Å². The molecule has 0 aliphatic heterocycles. The monoisotopic (exact) mass is 479 g/mol. The lowest BCUT2D eigenvalue weighted by molar-refractivity contribution is -0.121. The third-order valence-corrected chi connectivity index (χ3v) is 7.22. The molecule has 1 aliphatic rings. The number of aromatic nitrogens is 3. The number of rotatable bonds is 7. The molecule has 0 unspecified atom stereocenters. The molecule has 0 atom stereocenters. The van der Waals surface area contributed by atoms with Gasteiger partial charge in [-0.3, -0.25) is 4.79 Å². The summed E-state index contributed by atoms with van der Waals surface area (Å²) < 4.78 is 21.3. The molecule has 4 aromatic rings. The molecule has 2 aromatic heterocycles. The van der Waals surface area contributed by atoms with Crippen molar-refractivity contribution in [2.45, 2.75) is 36.1 Å². The minimum atomic E-state index is -0.735. The molecule has 0 radical (unpaired) electrons. The molecule has 0 bridgehead atoms. The normalized spacial score (nSPS) is 14.2. The maximum atomic E-state index is 15.3. The van der Waals surface area contributed by atoms with Crippen molar-refractivity contribution in [1.29, 1.82) is 5.26 Å². The molecule has 10 heteroatoms. The number of nitriles is 1. The Morgan fingerprint density at radius 2 is 2.00 bits per heavy atom. The molecule has 1 saturated carbocycles. The van der Waals surface area contributed by atoms with Crippen LogP contribution >= 0.6 is 23.1 Å². The first-order chi connectivity index (χ1) is 16.0. The number of thiazole rings is 1. The van der Waals surface area contributed by atoms with Gasteiger partial charge in [0, 0.05) is 10.5 Å². The Morgan fingerprint density at radius 3 is 2.70 bits per heavy atom. The third-order valence-electron chi connectivity index (χ3n) is 5.41. The lowest BCUT2D eigenvalue weighted by atomic mass is 10.1. The molecule has 33 heavy (non-hydrogen) atoms. The highest BCUT2D eigenvalue weighted by atomic mass is 32.2. The van der Waals surface area contributed by atoms with Crippen molar-refractivity contribution in [3.63, 3.8) is 0 Å². The van der Waals surface area contributed by atoms with Crippen molar-refractivity contribution in [2.75, 3.05) is 6.26 Å². The van der Waals surface area contributed by atoms with Gasteiger partial charge in [0.2, 0.25) is 17.7 Å². The Bertz CT molecular complexity index is 1390. The van der Waals surface area contributed by atoms with Crippen molar-refractivity contribution in [3.05, 3.63) is 59.0 Å². The van der Waals surface area contributed by atoms with Crippen molar-refractivity contribution in [1.82, 2.24) is 20.5 Å². The van der Waals surface area contributed by atoms with E-state index in [1.807, 2.05) is 36.6 Å². The Hall–Kier alpha value is -3.29. The first-order valence-corrected chi connectivity index (χ1v) is 12.3. The van der Waals surface area contributed by atoms with Crippen LogP contribution in [0.25, 0.3) is 21.3 Å². The number of nitrogens with zero attached hydrogens (tertiary/aromatic N) is 4. The lowest BCUT2D eigenvalue weighted by Crippen LogP contribution is -2.36. The fraction of sp³-hybridized carbons (Fsp3) is 0.261. The van der Waals surface area contributed by atoms with Crippen LogP contribution in [-0.4, -0.2) is 32.9 Å². The van der Waals surface area contributed by atoms with E-state index in [1.54, 1.807) is 17.8 Å². The fourth-order valence-corrected chi connectivity index (χ4v) is 4.88. The number of nitrogens with one attached hydrogen (secondary N) is 1. The molecule has 166 valence electrons. The summed E-state index contributed by atoms with van der Waals surface area (Å²) in [5, 5.41) is 20.3. The summed E-state index contributed by atoms with van der Waals surface area (Å²) in [7, 11) is 0. The van der Waals surface area contributed by atoms with E-state index in [-0.39, 0.29) is 30.5 Å². The van der Waals surface area contributed by atoms with E-state index in [0.717, 1.165) is 10.5 Å². The molecule has 1 amide bonds. The summed E-state index contributed by atoms with van der Waals surface area (Å²) in [6, 6.07) is 13.4. The molecule has 2 aromatic carbocycles. The molecule has 1 aliphatic carbocycles. The van der Waals surface area contributed by atoms with Crippen molar-refractivity contribution < 1.29 is 13.6 Å². The highest BCUT2D eigenvalue weighted by Crippen LogP contribution is 2.35. The van der Waals surface area contributed by atoms with Gasteiger partial charge in [0.1, 0.15) is 22.8 Å². The number of fused-ring (bicyclic) bond motifs is 1. The van der Waals surface area contributed by atoms with Gasteiger partial charge in [0.05, 0.1) is 22.7 Å². The van der Waals surface area contributed by atoms with Crippen LogP contribution in [0.2, 0.25) is 0 Å². The molecule has 7 nitrogen and oxygen atoms in total. The van der Waals surface area contributed by atoms with Gasteiger partial charge in [-0.15, -0.1) is 33.3 Å². The number of benzene rings is 2. The third kappa shape index (κ3) is 4.47. The summed E-state index contributed by atoms with van der Waals surface area (Å²) in [6.45, 7) is 0. The van der Waals surface area contributed by atoms with Gasteiger partial charge in [0.15, 0.2) is 0 Å². The van der Waals surface area contributed by atoms with Crippen molar-refractivity contribution in [2.24, 2.45) is 0 Å². The summed E-state index contributed by atoms with van der Waals surface area (Å²) in [5.41, 5.74) is 1.18. The van der Waals surface area contributed by atoms with E-state index < -0.39 is 5.54 Å². The van der Waals surface area contributed by atoms with Crippen LogP contribution in [0.15, 0.2) is 45.7 Å².